The van der Waals surface area contributed by atoms with Crippen molar-refractivity contribution in [2.45, 2.75) is 6.29 Å². The van der Waals surface area contributed by atoms with Crippen LogP contribution in [0.4, 0.5) is 0 Å². The van der Waals surface area contributed by atoms with Crippen LogP contribution >= 0.6 is 27.5 Å². The normalized spacial score (nSPS) is 17.0. The van der Waals surface area contributed by atoms with E-state index in [0.29, 0.717) is 24.0 Å². The van der Waals surface area contributed by atoms with Gasteiger partial charge in [0.1, 0.15) is 5.75 Å². The average molecular weight is 294 g/mol. The summed E-state index contributed by atoms with van der Waals surface area (Å²) in [5, 5.41) is 0.585. The van der Waals surface area contributed by atoms with Crippen molar-refractivity contribution in [3.8, 4) is 5.75 Å². The lowest BCUT2D eigenvalue weighted by atomic mass is 10.2. The quantitative estimate of drug-likeness (QED) is 0.838. The molecule has 0 bridgehead atoms. The van der Waals surface area contributed by atoms with Crippen LogP contribution in [0.15, 0.2) is 16.6 Å². The highest BCUT2D eigenvalue weighted by Gasteiger charge is 2.26. The molecule has 2 rings (SSSR count). The zero-order valence-corrected chi connectivity index (χ0v) is 10.5. The Balaban J connectivity index is 2.46. The van der Waals surface area contributed by atoms with E-state index in [-0.39, 0.29) is 0 Å². The van der Waals surface area contributed by atoms with Crippen molar-refractivity contribution in [2.24, 2.45) is 0 Å². The molecule has 3 nitrogen and oxygen atoms in total. The molecule has 1 saturated heterocycles. The number of benzene rings is 1. The van der Waals surface area contributed by atoms with Crippen LogP contribution in [0.5, 0.6) is 5.75 Å². The second-order valence-corrected chi connectivity index (χ2v) is 4.31. The summed E-state index contributed by atoms with van der Waals surface area (Å²) in [7, 11) is 1.59. The summed E-state index contributed by atoms with van der Waals surface area (Å²) >= 11 is 9.49. The molecule has 0 N–H and O–H groups in total. The van der Waals surface area contributed by atoms with Crippen LogP contribution in [0.2, 0.25) is 5.02 Å². The molecule has 1 heterocycles. The SMILES string of the molecule is COc1c(Br)ccc(Cl)c1C1OCCO1. The molecule has 0 saturated carbocycles. The maximum absolute atomic E-state index is 6.10. The molecule has 0 amide bonds. The van der Waals surface area contributed by atoms with E-state index >= 15 is 0 Å². The van der Waals surface area contributed by atoms with Gasteiger partial charge in [-0.25, -0.2) is 0 Å². The Morgan fingerprint density at radius 2 is 2.07 bits per heavy atom. The van der Waals surface area contributed by atoms with Crippen LogP contribution in [0, 0.1) is 0 Å². The molecular weight excluding hydrogens is 283 g/mol. The third-order valence-electron chi connectivity index (χ3n) is 2.16. The Morgan fingerprint density at radius 3 is 2.67 bits per heavy atom. The van der Waals surface area contributed by atoms with Gasteiger partial charge in [0.2, 0.25) is 0 Å². The van der Waals surface area contributed by atoms with Gasteiger partial charge < -0.3 is 14.2 Å². The summed E-state index contributed by atoms with van der Waals surface area (Å²) in [5.41, 5.74) is 0.742. The fourth-order valence-electron chi connectivity index (χ4n) is 1.50. The van der Waals surface area contributed by atoms with Crippen molar-refractivity contribution < 1.29 is 14.2 Å². The third-order valence-corrected chi connectivity index (χ3v) is 3.11. The van der Waals surface area contributed by atoms with Gasteiger partial charge >= 0.3 is 0 Å². The maximum atomic E-state index is 6.10. The molecule has 1 aliphatic heterocycles. The fraction of sp³-hybridized carbons (Fsp3) is 0.400. The highest BCUT2D eigenvalue weighted by atomic mass is 79.9. The van der Waals surface area contributed by atoms with Gasteiger partial charge in [-0.2, -0.15) is 0 Å². The molecule has 1 aromatic rings. The summed E-state index contributed by atoms with van der Waals surface area (Å²) in [6, 6.07) is 3.62. The van der Waals surface area contributed by atoms with Crippen LogP contribution in [0.3, 0.4) is 0 Å². The third kappa shape index (κ3) is 2.13. The van der Waals surface area contributed by atoms with Crippen LogP contribution in [-0.4, -0.2) is 20.3 Å². The van der Waals surface area contributed by atoms with Crippen molar-refractivity contribution in [3.63, 3.8) is 0 Å². The maximum Gasteiger partial charge on any atom is 0.189 e. The summed E-state index contributed by atoms with van der Waals surface area (Å²) < 4.78 is 16.9. The first-order chi connectivity index (χ1) is 7.24. The first kappa shape index (κ1) is 11.2. The van der Waals surface area contributed by atoms with Gasteiger partial charge in [0.05, 0.1) is 35.4 Å². The Bertz CT molecular complexity index is 364. The van der Waals surface area contributed by atoms with E-state index in [1.165, 1.54) is 0 Å². The molecule has 0 spiro atoms. The van der Waals surface area contributed by atoms with Crippen molar-refractivity contribution >= 4 is 27.5 Å². The van der Waals surface area contributed by atoms with Gasteiger partial charge in [0.15, 0.2) is 6.29 Å². The molecule has 1 aromatic carbocycles. The fourth-order valence-corrected chi connectivity index (χ4v) is 2.25. The largest absolute Gasteiger partial charge is 0.495 e. The van der Waals surface area contributed by atoms with Crippen molar-refractivity contribution in [1.29, 1.82) is 0 Å². The molecule has 82 valence electrons. The van der Waals surface area contributed by atoms with Gasteiger partial charge in [-0.1, -0.05) is 11.6 Å². The molecule has 15 heavy (non-hydrogen) atoms. The van der Waals surface area contributed by atoms with Crippen LogP contribution in [0.25, 0.3) is 0 Å². The molecule has 5 heteroatoms. The standard InChI is InChI=1S/C10H10BrClO3/c1-13-9-6(11)2-3-7(12)8(9)10-14-4-5-15-10/h2-3,10H,4-5H2,1H3. The van der Waals surface area contributed by atoms with E-state index in [1.807, 2.05) is 6.07 Å². The number of hydrogen-bond donors (Lipinski definition) is 0. The van der Waals surface area contributed by atoms with Crippen molar-refractivity contribution in [1.82, 2.24) is 0 Å². The monoisotopic (exact) mass is 292 g/mol. The zero-order valence-electron chi connectivity index (χ0n) is 8.13. The smallest absolute Gasteiger partial charge is 0.189 e. The number of rotatable bonds is 2. The summed E-state index contributed by atoms with van der Waals surface area (Å²) in [4.78, 5) is 0. The molecule has 0 unspecified atom stereocenters. The molecule has 0 aliphatic carbocycles. The van der Waals surface area contributed by atoms with Gasteiger partial charge in [0.25, 0.3) is 0 Å². The first-order valence-electron chi connectivity index (χ1n) is 4.49. The molecular formula is C10H10BrClO3. The molecule has 0 atom stereocenters. The van der Waals surface area contributed by atoms with Gasteiger partial charge in [-0.05, 0) is 28.1 Å². The lowest BCUT2D eigenvalue weighted by molar-refractivity contribution is -0.0454. The zero-order chi connectivity index (χ0) is 10.8. The van der Waals surface area contributed by atoms with Gasteiger partial charge in [-0.3, -0.25) is 0 Å². The predicted molar refractivity (Wildman–Crippen MR) is 60.3 cm³/mol. The highest BCUT2D eigenvalue weighted by Crippen LogP contribution is 2.40. The minimum Gasteiger partial charge on any atom is -0.495 e. The van der Waals surface area contributed by atoms with E-state index in [0.717, 1.165) is 10.0 Å². The minimum atomic E-state index is -0.426. The predicted octanol–water partition coefficient (Wildman–Crippen LogP) is 3.16. The number of halogens is 2. The van der Waals surface area contributed by atoms with Crippen LogP contribution < -0.4 is 4.74 Å². The summed E-state index contributed by atoms with van der Waals surface area (Å²) in [5.74, 6) is 0.661. The minimum absolute atomic E-state index is 0.426. The van der Waals surface area contributed by atoms with E-state index in [2.05, 4.69) is 15.9 Å². The topological polar surface area (TPSA) is 27.7 Å². The summed E-state index contributed by atoms with van der Waals surface area (Å²) in [6.07, 6.45) is -0.426. The molecule has 1 aliphatic rings. The van der Waals surface area contributed by atoms with Crippen molar-refractivity contribution in [2.75, 3.05) is 20.3 Å². The van der Waals surface area contributed by atoms with Crippen LogP contribution in [-0.2, 0) is 9.47 Å². The average Bonchev–Trinajstić information content (AvgIpc) is 2.74. The van der Waals surface area contributed by atoms with Gasteiger partial charge in [0, 0.05) is 0 Å². The van der Waals surface area contributed by atoms with Gasteiger partial charge in [-0.15, -0.1) is 0 Å². The molecule has 1 fully saturated rings. The number of ether oxygens (including phenoxy) is 3. The number of hydrogen-bond acceptors (Lipinski definition) is 3. The molecule has 0 radical (unpaired) electrons. The van der Waals surface area contributed by atoms with Crippen molar-refractivity contribution in [3.05, 3.63) is 27.2 Å². The second kappa shape index (κ2) is 4.70. The summed E-state index contributed by atoms with van der Waals surface area (Å²) in [6.45, 7) is 1.16. The Hall–Kier alpha value is -0.290. The van der Waals surface area contributed by atoms with Crippen LogP contribution in [0.1, 0.15) is 11.9 Å². The second-order valence-electron chi connectivity index (χ2n) is 3.05. The lowest BCUT2D eigenvalue weighted by Crippen LogP contribution is -2.03. The first-order valence-corrected chi connectivity index (χ1v) is 5.66. The lowest BCUT2D eigenvalue weighted by Gasteiger charge is -2.16. The highest BCUT2D eigenvalue weighted by molar-refractivity contribution is 9.10. The van der Waals surface area contributed by atoms with E-state index < -0.39 is 6.29 Å². The Morgan fingerprint density at radius 1 is 1.40 bits per heavy atom. The molecule has 0 aromatic heterocycles. The van der Waals surface area contributed by atoms with E-state index in [9.17, 15) is 0 Å². The number of methoxy groups -OCH3 is 1. The van der Waals surface area contributed by atoms with E-state index in [1.54, 1.807) is 13.2 Å². The Labute approximate surface area is 101 Å². The Kier molecular flexibility index (Phi) is 3.51. The van der Waals surface area contributed by atoms with E-state index in [4.69, 9.17) is 25.8 Å².